The Kier molecular flexibility index (Phi) is 4.84. The van der Waals surface area contributed by atoms with Gasteiger partial charge in [0, 0.05) is 11.9 Å². The summed E-state index contributed by atoms with van der Waals surface area (Å²) in [5, 5.41) is 0.825. The molecule has 0 radical (unpaired) electrons. The van der Waals surface area contributed by atoms with Crippen LogP contribution in [-0.4, -0.2) is 34.5 Å². The molecule has 16 heavy (non-hydrogen) atoms. The predicted molar refractivity (Wildman–Crippen MR) is 68.9 cm³/mol. The molecule has 1 fully saturated rings. The molecule has 1 heterocycles. The molecular formula is C12H20BrNO2. The van der Waals surface area contributed by atoms with Crippen LogP contribution < -0.4 is 0 Å². The summed E-state index contributed by atoms with van der Waals surface area (Å²) < 4.78 is 5.37. The highest BCUT2D eigenvalue weighted by atomic mass is 79.9. The molecule has 0 saturated carbocycles. The maximum atomic E-state index is 11.9. The van der Waals surface area contributed by atoms with Crippen LogP contribution in [-0.2, 0) is 4.74 Å². The molecule has 1 aliphatic heterocycles. The summed E-state index contributed by atoms with van der Waals surface area (Å²) in [7, 11) is 0. The van der Waals surface area contributed by atoms with Crippen LogP contribution in [0.1, 0.15) is 33.6 Å². The zero-order chi connectivity index (χ0) is 12.2. The molecule has 1 unspecified atom stereocenters. The summed E-state index contributed by atoms with van der Waals surface area (Å²) >= 11 is 3.34. The first-order chi connectivity index (χ1) is 7.44. The Bertz CT molecular complexity index is 271. The molecule has 0 spiro atoms. The summed E-state index contributed by atoms with van der Waals surface area (Å²) in [5.74, 6) is 0. The van der Waals surface area contributed by atoms with Crippen molar-refractivity contribution in [3.63, 3.8) is 0 Å². The molecule has 0 aromatic rings. The number of carbonyl (C=O) groups excluding carboxylic acids is 1. The van der Waals surface area contributed by atoms with E-state index in [1.807, 2.05) is 31.7 Å². The number of carbonyl (C=O) groups is 1. The fourth-order valence-electron chi connectivity index (χ4n) is 1.75. The van der Waals surface area contributed by atoms with Crippen molar-refractivity contribution >= 4 is 22.0 Å². The molecule has 4 heteroatoms. The van der Waals surface area contributed by atoms with Gasteiger partial charge < -0.3 is 9.64 Å². The van der Waals surface area contributed by atoms with E-state index in [0.717, 1.165) is 24.7 Å². The molecule has 0 aromatic carbocycles. The number of likely N-dealkylation sites (tertiary alicyclic amines) is 1. The summed E-state index contributed by atoms with van der Waals surface area (Å²) in [6.45, 7) is 6.48. The van der Waals surface area contributed by atoms with E-state index in [2.05, 4.69) is 22.0 Å². The lowest BCUT2D eigenvalue weighted by Gasteiger charge is -2.27. The third-order valence-electron chi connectivity index (χ3n) is 2.37. The highest BCUT2D eigenvalue weighted by Gasteiger charge is 2.30. The van der Waals surface area contributed by atoms with Crippen molar-refractivity contribution in [3.8, 4) is 0 Å². The van der Waals surface area contributed by atoms with Gasteiger partial charge >= 0.3 is 6.09 Å². The standard InChI is InChI=1S/C12H20BrNO2/c1-12(2,3)16-11(15)14-9-5-7-10(14)6-4-8-13/h4,6,10H,5,7-9H2,1-3H3/b6-4-. The lowest BCUT2D eigenvalue weighted by Crippen LogP contribution is -2.39. The Hall–Kier alpha value is -0.510. The second-order valence-corrected chi connectivity index (χ2v) is 5.61. The monoisotopic (exact) mass is 289 g/mol. The normalized spacial score (nSPS) is 21.8. The van der Waals surface area contributed by atoms with Crippen molar-refractivity contribution < 1.29 is 9.53 Å². The zero-order valence-corrected chi connectivity index (χ0v) is 11.8. The lowest BCUT2D eigenvalue weighted by atomic mass is 10.2. The van der Waals surface area contributed by atoms with Gasteiger partial charge in [-0.15, -0.1) is 0 Å². The number of alkyl halides is 1. The van der Waals surface area contributed by atoms with Gasteiger partial charge in [0.1, 0.15) is 5.60 Å². The van der Waals surface area contributed by atoms with E-state index in [1.54, 1.807) is 0 Å². The van der Waals surface area contributed by atoms with E-state index in [4.69, 9.17) is 4.74 Å². The first-order valence-corrected chi connectivity index (χ1v) is 6.78. The minimum Gasteiger partial charge on any atom is -0.444 e. The van der Waals surface area contributed by atoms with Gasteiger partial charge in [-0.2, -0.15) is 0 Å². The molecular weight excluding hydrogens is 270 g/mol. The summed E-state index contributed by atoms with van der Waals surface area (Å²) in [5.41, 5.74) is -0.413. The molecule has 1 amide bonds. The van der Waals surface area contributed by atoms with E-state index in [-0.39, 0.29) is 12.1 Å². The minimum absolute atomic E-state index is 0.200. The largest absolute Gasteiger partial charge is 0.444 e. The molecule has 3 nitrogen and oxygen atoms in total. The van der Waals surface area contributed by atoms with Crippen LogP contribution in [0.2, 0.25) is 0 Å². The van der Waals surface area contributed by atoms with Crippen molar-refractivity contribution in [1.29, 1.82) is 0 Å². The number of halogens is 1. The Morgan fingerprint density at radius 3 is 2.81 bits per heavy atom. The quantitative estimate of drug-likeness (QED) is 0.576. The average molecular weight is 290 g/mol. The van der Waals surface area contributed by atoms with E-state index < -0.39 is 5.60 Å². The summed E-state index contributed by atoms with van der Waals surface area (Å²) in [6.07, 6.45) is 5.99. The average Bonchev–Trinajstić information content (AvgIpc) is 2.59. The topological polar surface area (TPSA) is 29.5 Å². The Balaban J connectivity index is 2.57. The van der Waals surface area contributed by atoms with E-state index in [9.17, 15) is 4.79 Å². The molecule has 0 N–H and O–H groups in total. The van der Waals surface area contributed by atoms with Gasteiger partial charge in [0.2, 0.25) is 0 Å². The third kappa shape index (κ3) is 4.16. The number of amides is 1. The second kappa shape index (κ2) is 5.71. The molecule has 1 rings (SSSR count). The number of hydrogen-bond donors (Lipinski definition) is 0. The van der Waals surface area contributed by atoms with Crippen molar-refractivity contribution in [2.45, 2.75) is 45.3 Å². The molecule has 0 aromatic heterocycles. The van der Waals surface area contributed by atoms with Crippen LogP contribution in [0, 0.1) is 0 Å². The molecule has 1 saturated heterocycles. The third-order valence-corrected chi connectivity index (χ3v) is 2.75. The van der Waals surface area contributed by atoms with Gasteiger partial charge in [0.05, 0.1) is 6.04 Å². The van der Waals surface area contributed by atoms with E-state index >= 15 is 0 Å². The van der Waals surface area contributed by atoms with E-state index in [1.165, 1.54) is 0 Å². The molecule has 1 atom stereocenters. The number of hydrogen-bond acceptors (Lipinski definition) is 2. The first kappa shape index (κ1) is 13.6. The summed E-state index contributed by atoms with van der Waals surface area (Å²) in [4.78, 5) is 13.7. The fraction of sp³-hybridized carbons (Fsp3) is 0.750. The molecule has 1 aliphatic rings. The summed E-state index contributed by atoms with van der Waals surface area (Å²) in [6, 6.07) is 0.201. The van der Waals surface area contributed by atoms with Crippen LogP contribution in [0.15, 0.2) is 12.2 Å². The van der Waals surface area contributed by atoms with Crippen molar-refractivity contribution in [3.05, 3.63) is 12.2 Å². The maximum Gasteiger partial charge on any atom is 0.410 e. The van der Waals surface area contributed by atoms with Gasteiger partial charge in [0.25, 0.3) is 0 Å². The fourth-order valence-corrected chi connectivity index (χ4v) is 1.96. The van der Waals surface area contributed by atoms with Crippen molar-refractivity contribution in [2.24, 2.45) is 0 Å². The van der Waals surface area contributed by atoms with Gasteiger partial charge in [-0.25, -0.2) is 4.79 Å². The van der Waals surface area contributed by atoms with Gasteiger partial charge in [-0.3, -0.25) is 0 Å². The van der Waals surface area contributed by atoms with Crippen molar-refractivity contribution in [2.75, 3.05) is 11.9 Å². The van der Waals surface area contributed by atoms with Crippen LogP contribution >= 0.6 is 15.9 Å². The van der Waals surface area contributed by atoms with Crippen LogP contribution in [0.3, 0.4) is 0 Å². The Morgan fingerprint density at radius 1 is 1.56 bits per heavy atom. The van der Waals surface area contributed by atoms with Crippen LogP contribution in [0.4, 0.5) is 4.79 Å². The van der Waals surface area contributed by atoms with Crippen LogP contribution in [0.5, 0.6) is 0 Å². The number of nitrogens with zero attached hydrogens (tertiary/aromatic N) is 1. The smallest absolute Gasteiger partial charge is 0.410 e. The van der Waals surface area contributed by atoms with Gasteiger partial charge in [0.15, 0.2) is 0 Å². The SMILES string of the molecule is CC(C)(C)OC(=O)N1CCCC1/C=C\CBr. The lowest BCUT2D eigenvalue weighted by molar-refractivity contribution is 0.0256. The number of allylic oxidation sites excluding steroid dienone is 1. The highest BCUT2D eigenvalue weighted by molar-refractivity contribution is 9.09. The Morgan fingerprint density at radius 2 is 2.25 bits per heavy atom. The minimum atomic E-state index is -0.413. The highest BCUT2D eigenvalue weighted by Crippen LogP contribution is 2.21. The van der Waals surface area contributed by atoms with E-state index in [0.29, 0.717) is 0 Å². The maximum absolute atomic E-state index is 11.9. The number of rotatable bonds is 2. The molecule has 0 aliphatic carbocycles. The first-order valence-electron chi connectivity index (χ1n) is 5.66. The predicted octanol–water partition coefficient (Wildman–Crippen LogP) is 3.34. The Labute approximate surface area is 106 Å². The second-order valence-electron chi connectivity index (χ2n) is 4.97. The van der Waals surface area contributed by atoms with Gasteiger partial charge in [-0.1, -0.05) is 28.1 Å². The van der Waals surface area contributed by atoms with Crippen LogP contribution in [0.25, 0.3) is 0 Å². The van der Waals surface area contributed by atoms with Crippen molar-refractivity contribution in [1.82, 2.24) is 4.90 Å². The zero-order valence-electron chi connectivity index (χ0n) is 10.2. The van der Waals surface area contributed by atoms with Gasteiger partial charge in [-0.05, 0) is 33.6 Å². The number of ether oxygens (including phenoxy) is 1. The molecule has 0 bridgehead atoms. The molecule has 92 valence electrons.